The average Bonchev–Trinajstić information content (AvgIpc) is 2.16. The number of pyridine rings is 1. The lowest BCUT2D eigenvalue weighted by molar-refractivity contribution is -0.122. The van der Waals surface area contributed by atoms with Gasteiger partial charge in [0.15, 0.2) is 0 Å². The van der Waals surface area contributed by atoms with Crippen LogP contribution in [0.4, 0.5) is 5.69 Å². The molecule has 2 N–H and O–H groups in total. The van der Waals surface area contributed by atoms with Gasteiger partial charge in [0.25, 0.3) is 0 Å². The molecule has 1 amide bonds. The molecule has 0 fully saturated rings. The van der Waals surface area contributed by atoms with Gasteiger partial charge in [-0.1, -0.05) is 0 Å². The Bertz CT molecular complexity index is 368. The number of carbonyl (C=O) groups is 1. The topological polar surface area (TPSA) is 54.0 Å². The van der Waals surface area contributed by atoms with Crippen LogP contribution in [-0.2, 0) is 4.79 Å². The van der Waals surface area contributed by atoms with Crippen LogP contribution in [0.1, 0.15) is 20.8 Å². The monoisotopic (exact) mass is 285 g/mol. The number of hydrogen-bond donors (Lipinski definition) is 2. The van der Waals surface area contributed by atoms with Crippen molar-refractivity contribution in [2.24, 2.45) is 0 Å². The molecule has 1 atom stereocenters. The van der Waals surface area contributed by atoms with Crippen molar-refractivity contribution in [1.29, 1.82) is 0 Å². The molecular weight excluding hydrogens is 270 g/mol. The highest BCUT2D eigenvalue weighted by atomic mass is 79.9. The predicted molar refractivity (Wildman–Crippen MR) is 68.3 cm³/mol. The molecule has 0 aliphatic carbocycles. The van der Waals surface area contributed by atoms with Gasteiger partial charge in [-0.15, -0.1) is 0 Å². The second-order valence-electron chi connectivity index (χ2n) is 3.92. The summed E-state index contributed by atoms with van der Waals surface area (Å²) in [5.74, 6) is -0.0185. The van der Waals surface area contributed by atoms with E-state index in [1.54, 1.807) is 12.4 Å². The third-order valence-electron chi connectivity index (χ3n) is 1.91. The highest BCUT2D eigenvalue weighted by Crippen LogP contribution is 2.14. The third-order valence-corrected chi connectivity index (χ3v) is 2.35. The second kappa shape index (κ2) is 5.84. The lowest BCUT2D eigenvalue weighted by Crippen LogP contribution is -2.40. The summed E-state index contributed by atoms with van der Waals surface area (Å²) in [6.45, 7) is 5.69. The highest BCUT2D eigenvalue weighted by molar-refractivity contribution is 9.10. The summed E-state index contributed by atoms with van der Waals surface area (Å²) < 4.78 is 0.883. The van der Waals surface area contributed by atoms with Crippen molar-refractivity contribution in [3.8, 4) is 0 Å². The fourth-order valence-corrected chi connectivity index (χ4v) is 1.58. The molecular formula is C11H16BrN3O. The first-order valence-electron chi connectivity index (χ1n) is 5.16. The van der Waals surface area contributed by atoms with E-state index in [4.69, 9.17) is 0 Å². The number of hydrogen-bond acceptors (Lipinski definition) is 3. The molecule has 1 aromatic heterocycles. The van der Waals surface area contributed by atoms with Crippen molar-refractivity contribution in [3.63, 3.8) is 0 Å². The van der Waals surface area contributed by atoms with E-state index in [-0.39, 0.29) is 18.0 Å². The number of nitrogens with zero attached hydrogens (tertiary/aromatic N) is 1. The largest absolute Gasteiger partial charge is 0.373 e. The summed E-state index contributed by atoms with van der Waals surface area (Å²) in [7, 11) is 0. The third kappa shape index (κ3) is 4.18. The molecule has 0 radical (unpaired) electrons. The zero-order valence-electron chi connectivity index (χ0n) is 9.62. The number of amides is 1. The fourth-order valence-electron chi connectivity index (χ4n) is 1.22. The lowest BCUT2D eigenvalue weighted by atomic mass is 10.2. The maximum absolute atomic E-state index is 11.6. The molecule has 4 nitrogen and oxygen atoms in total. The van der Waals surface area contributed by atoms with Gasteiger partial charge in [-0.05, 0) is 42.8 Å². The molecule has 0 bridgehead atoms. The average molecular weight is 286 g/mol. The fraction of sp³-hybridized carbons (Fsp3) is 0.455. The number of rotatable bonds is 4. The van der Waals surface area contributed by atoms with Crippen molar-refractivity contribution >= 4 is 27.5 Å². The summed E-state index contributed by atoms with van der Waals surface area (Å²) in [6, 6.07) is 1.75. The van der Waals surface area contributed by atoms with Crippen molar-refractivity contribution in [2.45, 2.75) is 32.9 Å². The van der Waals surface area contributed by atoms with Gasteiger partial charge >= 0.3 is 0 Å². The smallest absolute Gasteiger partial charge is 0.242 e. The molecule has 1 rings (SSSR count). The Morgan fingerprint density at radius 1 is 1.38 bits per heavy atom. The maximum Gasteiger partial charge on any atom is 0.242 e. The van der Waals surface area contributed by atoms with Gasteiger partial charge in [-0.25, -0.2) is 0 Å². The van der Waals surface area contributed by atoms with Gasteiger partial charge in [-0.2, -0.15) is 0 Å². The van der Waals surface area contributed by atoms with Crippen LogP contribution < -0.4 is 10.6 Å². The molecule has 88 valence electrons. The first-order valence-corrected chi connectivity index (χ1v) is 5.96. The second-order valence-corrected chi connectivity index (χ2v) is 4.84. The van der Waals surface area contributed by atoms with E-state index in [1.807, 2.05) is 26.8 Å². The molecule has 1 aromatic rings. The molecule has 0 saturated carbocycles. The molecule has 0 spiro atoms. The minimum Gasteiger partial charge on any atom is -0.373 e. The van der Waals surface area contributed by atoms with E-state index < -0.39 is 0 Å². The number of carbonyl (C=O) groups excluding carboxylic acids is 1. The van der Waals surface area contributed by atoms with Crippen LogP contribution in [0, 0.1) is 0 Å². The maximum atomic E-state index is 11.6. The molecule has 16 heavy (non-hydrogen) atoms. The Kier molecular flexibility index (Phi) is 4.73. The van der Waals surface area contributed by atoms with Crippen LogP contribution >= 0.6 is 15.9 Å². The summed E-state index contributed by atoms with van der Waals surface area (Å²) >= 11 is 3.33. The van der Waals surface area contributed by atoms with E-state index in [9.17, 15) is 4.79 Å². The number of nitrogens with one attached hydrogen (secondary N) is 2. The summed E-state index contributed by atoms with van der Waals surface area (Å²) in [6.07, 6.45) is 3.38. The van der Waals surface area contributed by atoms with Gasteiger partial charge in [0, 0.05) is 16.7 Å². The quantitative estimate of drug-likeness (QED) is 0.892. The molecule has 1 heterocycles. The van der Waals surface area contributed by atoms with Crippen molar-refractivity contribution in [3.05, 3.63) is 22.9 Å². The first kappa shape index (κ1) is 13.0. The number of aromatic nitrogens is 1. The molecule has 0 saturated heterocycles. The van der Waals surface area contributed by atoms with Crippen LogP contribution in [0.5, 0.6) is 0 Å². The van der Waals surface area contributed by atoms with Gasteiger partial charge in [0.1, 0.15) is 6.04 Å². The highest BCUT2D eigenvalue weighted by Gasteiger charge is 2.13. The molecule has 0 aliphatic heterocycles. The molecule has 0 aromatic carbocycles. The SMILES string of the molecule is CC(C)NC(=O)C(C)Nc1cncc(Br)c1. The van der Waals surface area contributed by atoms with Crippen LogP contribution in [0.15, 0.2) is 22.9 Å². The zero-order valence-corrected chi connectivity index (χ0v) is 11.2. The van der Waals surface area contributed by atoms with Crippen LogP contribution in [0.3, 0.4) is 0 Å². The van der Waals surface area contributed by atoms with Gasteiger partial charge in [0.2, 0.25) is 5.91 Å². The summed E-state index contributed by atoms with van der Waals surface area (Å²) in [4.78, 5) is 15.7. The van der Waals surface area contributed by atoms with Crippen molar-refractivity contribution < 1.29 is 4.79 Å². The summed E-state index contributed by atoms with van der Waals surface area (Å²) in [5.41, 5.74) is 0.820. The zero-order chi connectivity index (χ0) is 12.1. The molecule has 5 heteroatoms. The van der Waals surface area contributed by atoms with E-state index in [0.29, 0.717) is 0 Å². The van der Waals surface area contributed by atoms with Gasteiger partial charge in [0.05, 0.1) is 11.9 Å². The van der Waals surface area contributed by atoms with Crippen LogP contribution in [-0.4, -0.2) is 23.0 Å². The molecule has 1 unspecified atom stereocenters. The Balaban J connectivity index is 2.57. The standard InChI is InChI=1S/C11H16BrN3O/c1-7(2)14-11(16)8(3)15-10-4-9(12)5-13-6-10/h4-8,15H,1-3H3,(H,14,16). The number of anilines is 1. The van der Waals surface area contributed by atoms with Gasteiger partial charge < -0.3 is 10.6 Å². The Hall–Kier alpha value is -1.10. The molecule has 0 aliphatic rings. The summed E-state index contributed by atoms with van der Waals surface area (Å²) in [5, 5.41) is 5.93. The van der Waals surface area contributed by atoms with E-state index in [1.165, 1.54) is 0 Å². The first-order chi connectivity index (χ1) is 7.49. The normalized spacial score (nSPS) is 12.3. The minimum absolute atomic E-state index is 0.0185. The van der Waals surface area contributed by atoms with E-state index in [0.717, 1.165) is 10.2 Å². The van der Waals surface area contributed by atoms with Crippen molar-refractivity contribution in [2.75, 3.05) is 5.32 Å². The number of halogens is 1. The van der Waals surface area contributed by atoms with Crippen molar-refractivity contribution in [1.82, 2.24) is 10.3 Å². The Labute approximate surface area is 104 Å². The van der Waals surface area contributed by atoms with Crippen LogP contribution in [0.25, 0.3) is 0 Å². The van der Waals surface area contributed by atoms with Crippen LogP contribution in [0.2, 0.25) is 0 Å². The Morgan fingerprint density at radius 2 is 2.06 bits per heavy atom. The minimum atomic E-state index is -0.279. The van der Waals surface area contributed by atoms with E-state index >= 15 is 0 Å². The van der Waals surface area contributed by atoms with Gasteiger partial charge in [-0.3, -0.25) is 9.78 Å². The Morgan fingerprint density at radius 3 is 2.62 bits per heavy atom. The van der Waals surface area contributed by atoms with E-state index in [2.05, 4.69) is 31.5 Å². The lowest BCUT2D eigenvalue weighted by Gasteiger charge is -2.16. The predicted octanol–water partition coefficient (Wildman–Crippen LogP) is 2.17.